The Morgan fingerprint density at radius 3 is 2.33 bits per heavy atom. The topological polar surface area (TPSA) is 44.8 Å². The Morgan fingerprint density at radius 1 is 1.28 bits per heavy atom. The van der Waals surface area contributed by atoms with E-state index in [-0.39, 0.29) is 5.97 Å². The van der Waals surface area contributed by atoms with Crippen molar-refractivity contribution in [2.24, 2.45) is 0 Å². The molecule has 1 atom stereocenters. The standard InChI is InChI=1S/C13H29N3O2/c1-7-14-13(2,12(17)18-6)11-16(5)10-8-9-15(3)4/h14H,7-11H2,1-6H3. The van der Waals surface area contributed by atoms with Crippen molar-refractivity contribution in [3.05, 3.63) is 0 Å². The van der Waals surface area contributed by atoms with Gasteiger partial charge in [0.05, 0.1) is 7.11 Å². The molecule has 5 nitrogen and oxygen atoms in total. The van der Waals surface area contributed by atoms with E-state index < -0.39 is 5.54 Å². The molecule has 0 rings (SSSR count). The molecule has 0 aliphatic rings. The largest absolute Gasteiger partial charge is 0.468 e. The molecule has 0 saturated carbocycles. The molecule has 108 valence electrons. The Balaban J connectivity index is 4.27. The number of ether oxygens (including phenoxy) is 1. The Kier molecular flexibility index (Phi) is 8.15. The number of nitrogens with zero attached hydrogens (tertiary/aromatic N) is 2. The van der Waals surface area contributed by atoms with Gasteiger partial charge in [0.2, 0.25) is 0 Å². The van der Waals surface area contributed by atoms with Gasteiger partial charge >= 0.3 is 5.97 Å². The summed E-state index contributed by atoms with van der Waals surface area (Å²) >= 11 is 0. The summed E-state index contributed by atoms with van der Waals surface area (Å²) in [5, 5.41) is 3.21. The van der Waals surface area contributed by atoms with Crippen molar-refractivity contribution >= 4 is 5.97 Å². The highest BCUT2D eigenvalue weighted by Gasteiger charge is 2.34. The minimum absolute atomic E-state index is 0.205. The molecule has 0 amide bonds. The molecule has 18 heavy (non-hydrogen) atoms. The van der Waals surface area contributed by atoms with Crippen LogP contribution < -0.4 is 5.32 Å². The van der Waals surface area contributed by atoms with Crippen LogP contribution in [0.15, 0.2) is 0 Å². The number of hydrogen-bond acceptors (Lipinski definition) is 5. The van der Waals surface area contributed by atoms with Crippen LogP contribution in [0.2, 0.25) is 0 Å². The zero-order chi connectivity index (χ0) is 14.2. The van der Waals surface area contributed by atoms with Gasteiger partial charge in [-0.15, -0.1) is 0 Å². The summed E-state index contributed by atoms with van der Waals surface area (Å²) in [6.45, 7) is 7.31. The molecule has 0 bridgehead atoms. The summed E-state index contributed by atoms with van der Waals surface area (Å²) in [6.07, 6.45) is 1.09. The van der Waals surface area contributed by atoms with Crippen LogP contribution in [0.4, 0.5) is 0 Å². The highest BCUT2D eigenvalue weighted by atomic mass is 16.5. The fourth-order valence-electron chi connectivity index (χ4n) is 2.08. The fraction of sp³-hybridized carbons (Fsp3) is 0.923. The third kappa shape index (κ3) is 6.33. The molecule has 0 spiro atoms. The molecule has 0 fully saturated rings. The predicted molar refractivity (Wildman–Crippen MR) is 74.8 cm³/mol. The van der Waals surface area contributed by atoms with Crippen LogP contribution in [0.25, 0.3) is 0 Å². The SMILES string of the molecule is CCNC(C)(CN(C)CCCN(C)C)C(=O)OC. The van der Waals surface area contributed by atoms with Crippen LogP contribution in [0, 0.1) is 0 Å². The lowest BCUT2D eigenvalue weighted by Gasteiger charge is -2.32. The number of esters is 1. The van der Waals surface area contributed by atoms with Crippen molar-refractivity contribution in [2.45, 2.75) is 25.8 Å². The lowest BCUT2D eigenvalue weighted by atomic mass is 10.0. The summed E-state index contributed by atoms with van der Waals surface area (Å²) in [5.74, 6) is -0.205. The first-order valence-electron chi connectivity index (χ1n) is 6.52. The van der Waals surface area contributed by atoms with E-state index in [1.165, 1.54) is 7.11 Å². The Labute approximate surface area is 111 Å². The maximum Gasteiger partial charge on any atom is 0.327 e. The predicted octanol–water partition coefficient (Wildman–Crippen LogP) is 0.411. The van der Waals surface area contributed by atoms with E-state index in [2.05, 4.69) is 29.2 Å². The lowest BCUT2D eigenvalue weighted by molar-refractivity contribution is -0.148. The van der Waals surface area contributed by atoms with Crippen molar-refractivity contribution in [1.29, 1.82) is 0 Å². The highest BCUT2D eigenvalue weighted by Crippen LogP contribution is 2.08. The van der Waals surface area contributed by atoms with E-state index in [1.807, 2.05) is 20.9 Å². The van der Waals surface area contributed by atoms with Crippen LogP contribution in [0.5, 0.6) is 0 Å². The average Bonchev–Trinajstić information content (AvgIpc) is 2.27. The number of hydrogen-bond donors (Lipinski definition) is 1. The zero-order valence-corrected chi connectivity index (χ0v) is 12.7. The van der Waals surface area contributed by atoms with Crippen LogP contribution >= 0.6 is 0 Å². The number of methoxy groups -OCH3 is 1. The van der Waals surface area contributed by atoms with Gasteiger partial charge < -0.3 is 19.9 Å². The number of nitrogens with one attached hydrogen (secondary N) is 1. The monoisotopic (exact) mass is 259 g/mol. The van der Waals surface area contributed by atoms with Crippen molar-refractivity contribution < 1.29 is 9.53 Å². The van der Waals surface area contributed by atoms with Gasteiger partial charge in [-0.25, -0.2) is 0 Å². The quantitative estimate of drug-likeness (QED) is 0.608. The summed E-state index contributed by atoms with van der Waals surface area (Å²) in [6, 6.07) is 0. The first-order valence-corrected chi connectivity index (χ1v) is 6.52. The van der Waals surface area contributed by atoms with Gasteiger partial charge in [-0.3, -0.25) is 4.79 Å². The van der Waals surface area contributed by atoms with Gasteiger partial charge in [-0.05, 0) is 54.1 Å². The Hall–Kier alpha value is -0.650. The van der Waals surface area contributed by atoms with Gasteiger partial charge in [0, 0.05) is 6.54 Å². The zero-order valence-electron chi connectivity index (χ0n) is 12.7. The molecule has 0 heterocycles. The van der Waals surface area contributed by atoms with Crippen LogP contribution in [-0.4, -0.2) is 75.7 Å². The lowest BCUT2D eigenvalue weighted by Crippen LogP contribution is -2.56. The molecule has 0 aromatic carbocycles. The van der Waals surface area contributed by atoms with Crippen LogP contribution in [-0.2, 0) is 9.53 Å². The number of rotatable bonds is 9. The Bertz CT molecular complexity index is 246. The molecule has 0 aromatic heterocycles. The van der Waals surface area contributed by atoms with Gasteiger partial charge in [0.25, 0.3) is 0 Å². The molecule has 0 saturated heterocycles. The molecule has 0 aliphatic heterocycles. The second-order valence-corrected chi connectivity index (χ2v) is 5.25. The first kappa shape index (κ1) is 17.4. The number of carbonyl (C=O) groups excluding carboxylic acids is 1. The fourth-order valence-corrected chi connectivity index (χ4v) is 2.08. The normalized spacial score (nSPS) is 14.9. The van der Waals surface area contributed by atoms with Crippen molar-refractivity contribution in [2.75, 3.05) is 54.4 Å². The highest BCUT2D eigenvalue weighted by molar-refractivity contribution is 5.80. The minimum atomic E-state index is -0.629. The van der Waals surface area contributed by atoms with Gasteiger partial charge in [0.1, 0.15) is 5.54 Å². The van der Waals surface area contributed by atoms with E-state index in [1.54, 1.807) is 0 Å². The second-order valence-electron chi connectivity index (χ2n) is 5.25. The molecule has 1 unspecified atom stereocenters. The van der Waals surface area contributed by atoms with Gasteiger partial charge in [-0.2, -0.15) is 0 Å². The van der Waals surface area contributed by atoms with Gasteiger partial charge in [-0.1, -0.05) is 6.92 Å². The smallest absolute Gasteiger partial charge is 0.327 e. The maximum atomic E-state index is 11.8. The summed E-state index contributed by atoms with van der Waals surface area (Å²) in [5.41, 5.74) is -0.629. The molecular weight excluding hydrogens is 230 g/mol. The van der Waals surface area contributed by atoms with Crippen LogP contribution in [0.3, 0.4) is 0 Å². The van der Waals surface area contributed by atoms with E-state index in [0.717, 1.165) is 26.1 Å². The Morgan fingerprint density at radius 2 is 1.89 bits per heavy atom. The summed E-state index contributed by atoms with van der Waals surface area (Å²) in [7, 11) is 7.60. The molecule has 0 aromatic rings. The van der Waals surface area contributed by atoms with Crippen molar-refractivity contribution in [1.82, 2.24) is 15.1 Å². The second kappa shape index (κ2) is 8.45. The third-order valence-electron chi connectivity index (χ3n) is 2.93. The third-order valence-corrected chi connectivity index (χ3v) is 2.93. The van der Waals surface area contributed by atoms with Crippen molar-refractivity contribution in [3.8, 4) is 0 Å². The van der Waals surface area contributed by atoms with E-state index in [0.29, 0.717) is 6.54 Å². The number of carbonyl (C=O) groups is 1. The van der Waals surface area contributed by atoms with E-state index >= 15 is 0 Å². The molecule has 1 N–H and O–H groups in total. The molecule has 5 heteroatoms. The maximum absolute atomic E-state index is 11.8. The first-order chi connectivity index (χ1) is 8.35. The minimum Gasteiger partial charge on any atom is -0.468 e. The number of likely N-dealkylation sites (N-methyl/N-ethyl adjacent to an activating group) is 2. The average molecular weight is 259 g/mol. The van der Waals surface area contributed by atoms with E-state index in [9.17, 15) is 4.79 Å². The van der Waals surface area contributed by atoms with Crippen LogP contribution in [0.1, 0.15) is 20.3 Å². The van der Waals surface area contributed by atoms with Crippen molar-refractivity contribution in [3.63, 3.8) is 0 Å². The molecule has 0 radical (unpaired) electrons. The summed E-state index contributed by atoms with van der Waals surface area (Å²) in [4.78, 5) is 16.2. The summed E-state index contributed by atoms with van der Waals surface area (Å²) < 4.78 is 4.88. The van der Waals surface area contributed by atoms with Gasteiger partial charge in [0.15, 0.2) is 0 Å². The molecule has 0 aliphatic carbocycles. The molecular formula is C13H29N3O2. The van der Waals surface area contributed by atoms with E-state index in [4.69, 9.17) is 4.74 Å².